The highest BCUT2D eigenvalue weighted by molar-refractivity contribution is 7.89. The smallest absolute Gasteiger partial charge is 0.426 e. The topological polar surface area (TPSA) is 134 Å². The summed E-state index contributed by atoms with van der Waals surface area (Å²) in [6.07, 6.45) is 1.95. The van der Waals surface area contributed by atoms with Crippen molar-refractivity contribution in [1.29, 1.82) is 0 Å². The number of benzene rings is 1. The Bertz CT molecular complexity index is 1430. The van der Waals surface area contributed by atoms with Crippen molar-refractivity contribution >= 4 is 27.0 Å². The molecule has 0 spiro atoms. The summed E-state index contributed by atoms with van der Waals surface area (Å²) in [7, 11) is -4.13. The maximum atomic E-state index is 13.2. The standard InChI is InChI=1S/C21H27N5O6S/c1-6-14-10-18-16(11-15(14)17-8-9-22-24(17)7-2)19(27)25(21(29)26(18)33(5,30)31)23-20(28)32-12-13(3)4/h8-11,13H,6-7,12H2,1-5H3,(H,23,28). The van der Waals surface area contributed by atoms with E-state index in [-0.39, 0.29) is 23.4 Å². The molecule has 0 atom stereocenters. The van der Waals surface area contributed by atoms with Crippen LogP contribution < -0.4 is 16.7 Å². The highest BCUT2D eigenvalue weighted by Crippen LogP contribution is 2.28. The van der Waals surface area contributed by atoms with Gasteiger partial charge >= 0.3 is 11.8 Å². The molecule has 3 rings (SSSR count). The van der Waals surface area contributed by atoms with Crippen molar-refractivity contribution < 1.29 is 17.9 Å². The molecular formula is C21H27N5O6S. The number of hydrogen-bond donors (Lipinski definition) is 1. The molecule has 12 heteroatoms. The number of nitrogens with one attached hydrogen (secondary N) is 1. The second-order valence-corrected chi connectivity index (χ2v) is 9.80. The van der Waals surface area contributed by atoms with E-state index in [1.807, 2.05) is 27.7 Å². The van der Waals surface area contributed by atoms with E-state index in [4.69, 9.17) is 4.74 Å². The lowest BCUT2D eigenvalue weighted by Crippen LogP contribution is -2.48. The highest BCUT2D eigenvalue weighted by atomic mass is 32.2. The lowest BCUT2D eigenvalue weighted by atomic mass is 9.99. The molecule has 0 saturated heterocycles. The molecule has 0 unspecified atom stereocenters. The Hall–Kier alpha value is -3.41. The van der Waals surface area contributed by atoms with Gasteiger partial charge < -0.3 is 4.74 Å². The van der Waals surface area contributed by atoms with Crippen LogP contribution >= 0.6 is 0 Å². The van der Waals surface area contributed by atoms with Gasteiger partial charge in [0.15, 0.2) is 0 Å². The van der Waals surface area contributed by atoms with Crippen LogP contribution in [0.5, 0.6) is 0 Å². The van der Waals surface area contributed by atoms with E-state index in [1.54, 1.807) is 16.9 Å². The van der Waals surface area contributed by atoms with Crippen molar-refractivity contribution in [3.63, 3.8) is 0 Å². The van der Waals surface area contributed by atoms with Crippen LogP contribution in [-0.2, 0) is 27.7 Å². The van der Waals surface area contributed by atoms with Gasteiger partial charge in [0.25, 0.3) is 5.56 Å². The number of hydrogen-bond acceptors (Lipinski definition) is 7. The quantitative estimate of drug-likeness (QED) is 0.548. The normalized spacial score (nSPS) is 11.8. The van der Waals surface area contributed by atoms with Crippen LogP contribution in [0.25, 0.3) is 22.2 Å². The average molecular weight is 478 g/mol. The third-order valence-electron chi connectivity index (χ3n) is 4.99. The van der Waals surface area contributed by atoms with Gasteiger partial charge in [-0.1, -0.05) is 20.8 Å². The van der Waals surface area contributed by atoms with Gasteiger partial charge in [0, 0.05) is 18.3 Å². The van der Waals surface area contributed by atoms with E-state index >= 15 is 0 Å². The van der Waals surface area contributed by atoms with E-state index in [0.29, 0.717) is 27.2 Å². The van der Waals surface area contributed by atoms with Crippen molar-refractivity contribution in [1.82, 2.24) is 18.4 Å². The van der Waals surface area contributed by atoms with E-state index in [2.05, 4.69) is 10.5 Å². The van der Waals surface area contributed by atoms with Crippen molar-refractivity contribution in [2.24, 2.45) is 5.92 Å². The zero-order valence-electron chi connectivity index (χ0n) is 19.2. The van der Waals surface area contributed by atoms with Crippen molar-refractivity contribution in [3.05, 3.63) is 50.8 Å². The number of ether oxygens (including phenoxy) is 1. The zero-order valence-corrected chi connectivity index (χ0v) is 20.0. The van der Waals surface area contributed by atoms with Gasteiger partial charge in [-0.05, 0) is 43.0 Å². The molecule has 0 aliphatic heterocycles. The maximum Gasteiger partial charge on any atom is 0.426 e. The predicted molar refractivity (Wildman–Crippen MR) is 125 cm³/mol. The lowest BCUT2D eigenvalue weighted by Gasteiger charge is -2.16. The van der Waals surface area contributed by atoms with Crippen molar-refractivity contribution in [2.75, 3.05) is 18.3 Å². The summed E-state index contributed by atoms with van der Waals surface area (Å²) in [5, 5.41) is 4.20. The van der Waals surface area contributed by atoms with Gasteiger partial charge in [0.05, 0.1) is 29.5 Å². The number of aromatic nitrogens is 4. The third-order valence-corrected chi connectivity index (χ3v) is 6.01. The Labute approximate surface area is 190 Å². The van der Waals surface area contributed by atoms with Crippen LogP contribution in [0.4, 0.5) is 4.79 Å². The number of nitrogens with zero attached hydrogens (tertiary/aromatic N) is 4. The second-order valence-electron chi connectivity index (χ2n) is 7.97. The van der Waals surface area contributed by atoms with E-state index in [0.717, 1.165) is 17.5 Å². The van der Waals surface area contributed by atoms with E-state index in [1.165, 1.54) is 12.1 Å². The molecule has 0 radical (unpaired) electrons. The molecular weight excluding hydrogens is 450 g/mol. The number of rotatable bonds is 7. The average Bonchev–Trinajstić information content (AvgIpc) is 3.22. The first kappa shape index (κ1) is 24.2. The SMILES string of the molecule is CCc1cc2c(cc1-c1ccnn1CC)c(=O)n(NC(=O)OCC(C)C)c(=O)n2S(C)(=O)=O. The third kappa shape index (κ3) is 4.70. The van der Waals surface area contributed by atoms with Gasteiger partial charge in [-0.2, -0.15) is 13.7 Å². The molecule has 0 aliphatic carbocycles. The van der Waals surface area contributed by atoms with Crippen LogP contribution in [0.15, 0.2) is 34.0 Å². The fraction of sp³-hybridized carbons (Fsp3) is 0.429. The molecule has 1 N–H and O–H groups in total. The van der Waals surface area contributed by atoms with Crippen molar-refractivity contribution in [2.45, 2.75) is 40.7 Å². The molecule has 2 heterocycles. The Kier molecular flexibility index (Phi) is 6.77. The number of carbonyl (C=O) groups is 1. The zero-order chi connectivity index (χ0) is 24.5. The first-order valence-corrected chi connectivity index (χ1v) is 12.4. The minimum Gasteiger partial charge on any atom is -0.448 e. The number of fused-ring (bicyclic) bond motifs is 1. The molecule has 0 aliphatic rings. The number of carbonyl (C=O) groups excluding carboxylic acids is 1. The summed E-state index contributed by atoms with van der Waals surface area (Å²) in [5.74, 6) is 0.0233. The minimum absolute atomic E-state index is 0.0233. The second kappa shape index (κ2) is 9.22. The van der Waals surface area contributed by atoms with E-state index < -0.39 is 27.4 Å². The maximum absolute atomic E-state index is 13.2. The number of amides is 1. The van der Waals surface area contributed by atoms with Crippen LogP contribution in [-0.4, -0.2) is 45.8 Å². The Balaban J connectivity index is 2.35. The van der Waals surface area contributed by atoms with Crippen LogP contribution in [0.3, 0.4) is 0 Å². The molecule has 2 aromatic heterocycles. The summed E-state index contributed by atoms with van der Waals surface area (Å²) in [5.41, 5.74) is 2.06. The highest BCUT2D eigenvalue weighted by Gasteiger charge is 2.23. The van der Waals surface area contributed by atoms with Gasteiger partial charge in [0.1, 0.15) is 0 Å². The fourth-order valence-electron chi connectivity index (χ4n) is 3.50. The molecule has 0 saturated carbocycles. The Morgan fingerprint density at radius 1 is 1.21 bits per heavy atom. The monoisotopic (exact) mass is 477 g/mol. The Morgan fingerprint density at radius 2 is 1.91 bits per heavy atom. The molecule has 1 amide bonds. The van der Waals surface area contributed by atoms with Crippen LogP contribution in [0.2, 0.25) is 0 Å². The molecule has 0 bridgehead atoms. The molecule has 1 aromatic carbocycles. The lowest BCUT2D eigenvalue weighted by molar-refractivity contribution is 0.144. The summed E-state index contributed by atoms with van der Waals surface area (Å²) in [6, 6.07) is 4.83. The van der Waals surface area contributed by atoms with Gasteiger partial charge in [-0.15, -0.1) is 0 Å². The van der Waals surface area contributed by atoms with Gasteiger partial charge in [-0.3, -0.25) is 9.48 Å². The first-order valence-electron chi connectivity index (χ1n) is 10.5. The predicted octanol–water partition coefficient (Wildman–Crippen LogP) is 1.75. The van der Waals surface area contributed by atoms with Gasteiger partial charge in [0.2, 0.25) is 10.0 Å². The first-order chi connectivity index (χ1) is 15.5. The van der Waals surface area contributed by atoms with Gasteiger partial charge in [-0.25, -0.2) is 23.4 Å². The molecule has 178 valence electrons. The Morgan fingerprint density at radius 3 is 2.48 bits per heavy atom. The molecule has 33 heavy (non-hydrogen) atoms. The van der Waals surface area contributed by atoms with E-state index in [9.17, 15) is 22.8 Å². The van der Waals surface area contributed by atoms with Crippen LogP contribution in [0.1, 0.15) is 33.3 Å². The molecule has 3 aromatic rings. The molecule has 0 fully saturated rings. The van der Waals surface area contributed by atoms with Crippen LogP contribution in [0, 0.1) is 5.92 Å². The largest absolute Gasteiger partial charge is 0.448 e. The molecule has 11 nitrogen and oxygen atoms in total. The number of aryl methyl sites for hydroxylation is 2. The summed E-state index contributed by atoms with van der Waals surface area (Å²) in [4.78, 5) is 38.4. The summed E-state index contributed by atoms with van der Waals surface area (Å²) < 4.78 is 32.7. The minimum atomic E-state index is -4.13. The van der Waals surface area contributed by atoms with Crippen molar-refractivity contribution in [3.8, 4) is 11.3 Å². The summed E-state index contributed by atoms with van der Waals surface area (Å²) >= 11 is 0. The fourth-order valence-corrected chi connectivity index (χ4v) is 4.38. The summed E-state index contributed by atoms with van der Waals surface area (Å²) in [6.45, 7) is 8.08.